The maximum absolute atomic E-state index is 12.2. The van der Waals surface area contributed by atoms with Crippen molar-refractivity contribution in [2.75, 3.05) is 0 Å². The highest BCUT2D eigenvalue weighted by atomic mass is 16.1. The first-order valence-electron chi connectivity index (χ1n) is 8.79. The van der Waals surface area contributed by atoms with Crippen LogP contribution in [0.15, 0.2) is 48.5 Å². The van der Waals surface area contributed by atoms with Crippen molar-refractivity contribution in [2.24, 2.45) is 11.7 Å². The molecule has 0 aromatic heterocycles. The molecule has 1 aliphatic carbocycles. The lowest BCUT2D eigenvalue weighted by Gasteiger charge is -2.24. The quantitative estimate of drug-likeness (QED) is 0.885. The molecule has 3 heteroatoms. The zero-order valence-electron chi connectivity index (χ0n) is 14.3. The van der Waals surface area contributed by atoms with Crippen molar-refractivity contribution in [2.45, 2.75) is 45.2 Å². The molecule has 0 bridgehead atoms. The lowest BCUT2D eigenvalue weighted by atomic mass is 9.82. The number of nitrogens with one attached hydrogen (secondary N) is 1. The SMILES string of the molecule is CC(N)c1ccc(CNC(=O)CC2CCc3ccccc3C2)cc1. The third kappa shape index (κ3) is 4.24. The summed E-state index contributed by atoms with van der Waals surface area (Å²) in [5, 5.41) is 3.05. The summed E-state index contributed by atoms with van der Waals surface area (Å²) in [6.07, 6.45) is 3.83. The molecule has 1 amide bonds. The smallest absolute Gasteiger partial charge is 0.220 e. The zero-order valence-corrected chi connectivity index (χ0v) is 14.3. The summed E-state index contributed by atoms with van der Waals surface area (Å²) in [6, 6.07) is 16.8. The molecule has 0 radical (unpaired) electrons. The van der Waals surface area contributed by atoms with Gasteiger partial charge in [0.1, 0.15) is 0 Å². The van der Waals surface area contributed by atoms with Crippen LogP contribution in [0.4, 0.5) is 0 Å². The van der Waals surface area contributed by atoms with Gasteiger partial charge in [-0.25, -0.2) is 0 Å². The van der Waals surface area contributed by atoms with Gasteiger partial charge < -0.3 is 11.1 Å². The molecule has 126 valence electrons. The molecule has 0 spiro atoms. The Kier molecular flexibility index (Phi) is 5.31. The third-order valence-corrected chi connectivity index (χ3v) is 4.92. The summed E-state index contributed by atoms with van der Waals surface area (Å²) < 4.78 is 0. The highest BCUT2D eigenvalue weighted by Crippen LogP contribution is 2.27. The van der Waals surface area contributed by atoms with E-state index in [4.69, 9.17) is 5.73 Å². The molecule has 0 heterocycles. The van der Waals surface area contributed by atoms with Crippen LogP contribution in [0.2, 0.25) is 0 Å². The highest BCUT2D eigenvalue weighted by molar-refractivity contribution is 5.76. The van der Waals surface area contributed by atoms with Crippen LogP contribution in [0, 0.1) is 5.92 Å². The van der Waals surface area contributed by atoms with Gasteiger partial charge in [0, 0.05) is 19.0 Å². The summed E-state index contributed by atoms with van der Waals surface area (Å²) >= 11 is 0. The number of amides is 1. The van der Waals surface area contributed by atoms with E-state index in [0.717, 1.165) is 30.4 Å². The summed E-state index contributed by atoms with van der Waals surface area (Å²) in [5.74, 6) is 0.607. The minimum absolute atomic E-state index is 0.0443. The van der Waals surface area contributed by atoms with Crippen molar-refractivity contribution in [3.63, 3.8) is 0 Å². The largest absolute Gasteiger partial charge is 0.352 e. The van der Waals surface area contributed by atoms with E-state index in [1.54, 1.807) is 0 Å². The van der Waals surface area contributed by atoms with Gasteiger partial charge in [-0.1, -0.05) is 48.5 Å². The predicted molar refractivity (Wildman–Crippen MR) is 97.5 cm³/mol. The molecule has 3 nitrogen and oxygen atoms in total. The Hall–Kier alpha value is -2.13. The molecular formula is C21H26N2O. The zero-order chi connectivity index (χ0) is 16.9. The minimum Gasteiger partial charge on any atom is -0.352 e. The number of benzene rings is 2. The average Bonchev–Trinajstić information content (AvgIpc) is 2.60. The molecule has 2 aromatic carbocycles. The topological polar surface area (TPSA) is 55.1 Å². The molecule has 0 saturated carbocycles. The van der Waals surface area contributed by atoms with Gasteiger partial charge in [0.2, 0.25) is 5.91 Å². The summed E-state index contributed by atoms with van der Waals surface area (Å²) in [7, 11) is 0. The molecule has 2 unspecified atom stereocenters. The van der Waals surface area contributed by atoms with E-state index in [0.29, 0.717) is 18.9 Å². The first-order chi connectivity index (χ1) is 11.6. The highest BCUT2D eigenvalue weighted by Gasteiger charge is 2.20. The number of nitrogens with two attached hydrogens (primary N) is 1. The van der Waals surface area contributed by atoms with Gasteiger partial charge in [-0.05, 0) is 54.4 Å². The maximum atomic E-state index is 12.2. The van der Waals surface area contributed by atoms with Crippen molar-refractivity contribution in [3.8, 4) is 0 Å². The van der Waals surface area contributed by atoms with Crippen molar-refractivity contribution < 1.29 is 4.79 Å². The Morgan fingerprint density at radius 3 is 2.58 bits per heavy atom. The molecule has 3 N–H and O–H groups in total. The lowest BCUT2D eigenvalue weighted by molar-refractivity contribution is -0.122. The summed E-state index contributed by atoms with van der Waals surface area (Å²) in [4.78, 5) is 12.2. The van der Waals surface area contributed by atoms with E-state index in [1.165, 1.54) is 11.1 Å². The molecule has 0 aliphatic heterocycles. The van der Waals surface area contributed by atoms with E-state index in [1.807, 2.05) is 31.2 Å². The van der Waals surface area contributed by atoms with Crippen LogP contribution in [0.25, 0.3) is 0 Å². The number of fused-ring (bicyclic) bond motifs is 1. The van der Waals surface area contributed by atoms with Gasteiger partial charge in [-0.2, -0.15) is 0 Å². The van der Waals surface area contributed by atoms with Crippen LogP contribution < -0.4 is 11.1 Å². The van der Waals surface area contributed by atoms with Crippen LogP contribution >= 0.6 is 0 Å². The fourth-order valence-corrected chi connectivity index (χ4v) is 3.42. The lowest BCUT2D eigenvalue weighted by Crippen LogP contribution is -2.27. The maximum Gasteiger partial charge on any atom is 0.220 e. The van der Waals surface area contributed by atoms with Gasteiger partial charge in [-0.15, -0.1) is 0 Å². The van der Waals surface area contributed by atoms with E-state index in [9.17, 15) is 4.79 Å². The Morgan fingerprint density at radius 2 is 1.88 bits per heavy atom. The molecule has 3 rings (SSSR count). The van der Waals surface area contributed by atoms with Gasteiger partial charge in [0.25, 0.3) is 0 Å². The van der Waals surface area contributed by atoms with Crippen molar-refractivity contribution in [1.82, 2.24) is 5.32 Å². The number of hydrogen-bond donors (Lipinski definition) is 2. The van der Waals surface area contributed by atoms with E-state index >= 15 is 0 Å². The van der Waals surface area contributed by atoms with Crippen molar-refractivity contribution in [1.29, 1.82) is 0 Å². The van der Waals surface area contributed by atoms with E-state index in [-0.39, 0.29) is 11.9 Å². The van der Waals surface area contributed by atoms with Crippen LogP contribution in [-0.2, 0) is 24.2 Å². The fourth-order valence-electron chi connectivity index (χ4n) is 3.42. The molecule has 2 atom stereocenters. The van der Waals surface area contributed by atoms with E-state index < -0.39 is 0 Å². The molecule has 1 aliphatic rings. The van der Waals surface area contributed by atoms with Crippen molar-refractivity contribution >= 4 is 5.91 Å². The van der Waals surface area contributed by atoms with Crippen LogP contribution in [0.3, 0.4) is 0 Å². The second-order valence-electron chi connectivity index (χ2n) is 6.89. The second kappa shape index (κ2) is 7.63. The molecule has 24 heavy (non-hydrogen) atoms. The Morgan fingerprint density at radius 1 is 1.17 bits per heavy atom. The Labute approximate surface area is 144 Å². The summed E-state index contributed by atoms with van der Waals surface area (Å²) in [6.45, 7) is 2.56. The van der Waals surface area contributed by atoms with Crippen LogP contribution in [0.5, 0.6) is 0 Å². The number of rotatable bonds is 5. The fraction of sp³-hybridized carbons (Fsp3) is 0.381. The van der Waals surface area contributed by atoms with Gasteiger partial charge in [-0.3, -0.25) is 4.79 Å². The van der Waals surface area contributed by atoms with Gasteiger partial charge in [0.15, 0.2) is 0 Å². The van der Waals surface area contributed by atoms with Crippen LogP contribution in [-0.4, -0.2) is 5.91 Å². The second-order valence-corrected chi connectivity index (χ2v) is 6.89. The van der Waals surface area contributed by atoms with E-state index in [2.05, 4.69) is 29.6 Å². The monoisotopic (exact) mass is 322 g/mol. The van der Waals surface area contributed by atoms with Crippen LogP contribution in [0.1, 0.15) is 48.1 Å². The molecule has 2 aromatic rings. The number of carbonyl (C=O) groups excluding carboxylic acids is 1. The standard InChI is InChI=1S/C21H26N2O/c1-15(22)18-9-6-16(7-10-18)14-23-21(24)13-17-8-11-19-4-2-3-5-20(19)12-17/h2-7,9-10,15,17H,8,11-14,22H2,1H3,(H,23,24). The number of aryl methyl sites for hydroxylation is 1. The first-order valence-corrected chi connectivity index (χ1v) is 8.79. The molecule has 0 fully saturated rings. The third-order valence-electron chi connectivity index (χ3n) is 4.92. The van der Waals surface area contributed by atoms with Gasteiger partial charge in [0.05, 0.1) is 0 Å². The Bertz CT molecular complexity index is 691. The molecule has 0 saturated heterocycles. The van der Waals surface area contributed by atoms with Crippen molar-refractivity contribution in [3.05, 3.63) is 70.8 Å². The normalized spacial score (nSPS) is 17.8. The van der Waals surface area contributed by atoms with Gasteiger partial charge >= 0.3 is 0 Å². The first kappa shape index (κ1) is 16.7. The summed E-state index contributed by atoms with van der Waals surface area (Å²) in [5.41, 5.74) is 10.9. The number of hydrogen-bond acceptors (Lipinski definition) is 2. The predicted octanol–water partition coefficient (Wildman–Crippen LogP) is 3.52. The Balaban J connectivity index is 1.48. The minimum atomic E-state index is 0.0443. The molecular weight excluding hydrogens is 296 g/mol. The average molecular weight is 322 g/mol. The number of carbonyl (C=O) groups is 1.